The molecular weight excluding hydrogens is 675 g/mol. The second kappa shape index (κ2) is 12.6. The minimum atomic E-state index is 0.648. The monoisotopic (exact) mass is 705 g/mol. The number of fused-ring (bicyclic) bond motifs is 7. The second-order valence-corrected chi connectivity index (χ2v) is 13.8. The second-order valence-electron chi connectivity index (χ2n) is 13.8. The van der Waals surface area contributed by atoms with Crippen LogP contribution in [0.25, 0.3) is 88.2 Å². The molecule has 4 heterocycles. The number of aromatic nitrogens is 2. The van der Waals surface area contributed by atoms with Gasteiger partial charge in [-0.25, -0.2) is 4.98 Å². The predicted molar refractivity (Wildman–Crippen MR) is 225 cm³/mol. The van der Waals surface area contributed by atoms with Gasteiger partial charge in [0.15, 0.2) is 0 Å². The van der Waals surface area contributed by atoms with E-state index < -0.39 is 0 Å². The number of hydrogen-bond acceptors (Lipinski definition) is 5. The van der Waals surface area contributed by atoms with Gasteiger partial charge < -0.3 is 13.7 Å². The molecule has 258 valence electrons. The molecule has 5 heteroatoms. The van der Waals surface area contributed by atoms with Gasteiger partial charge in [-0.1, -0.05) is 115 Å². The molecule has 0 unspecified atom stereocenters. The molecule has 0 bridgehead atoms. The van der Waals surface area contributed by atoms with Gasteiger partial charge in [0.2, 0.25) is 5.71 Å². The molecule has 5 nitrogen and oxygen atoms in total. The first-order valence-corrected chi connectivity index (χ1v) is 18.4. The van der Waals surface area contributed by atoms with Crippen molar-refractivity contribution in [2.24, 2.45) is 0 Å². The van der Waals surface area contributed by atoms with E-state index in [1.54, 1.807) is 12.4 Å². The molecule has 0 N–H and O–H groups in total. The fourth-order valence-electron chi connectivity index (χ4n) is 8.01. The van der Waals surface area contributed by atoms with E-state index in [1.807, 2.05) is 18.3 Å². The van der Waals surface area contributed by atoms with Gasteiger partial charge in [0.05, 0.1) is 5.69 Å². The van der Waals surface area contributed by atoms with Crippen LogP contribution in [-0.4, -0.2) is 9.97 Å². The fraction of sp³-hybridized carbons (Fsp3) is 0. The van der Waals surface area contributed by atoms with Gasteiger partial charge in [0.1, 0.15) is 16.7 Å². The predicted octanol–water partition coefficient (Wildman–Crippen LogP) is 13.9. The standard InChI is InChI=1S/C50H31N3O2/c1-2-9-32(10-3-1)36-29-35-11-4-5-12-39(35)46(30-36)53(37-22-18-33(19-23-37)40-13-7-16-43-45-31-51-28-26-47(45)54-48(40)43)38-24-20-34(21-25-38)41-14-6-15-42-44-17-8-27-52-50(44)55-49(41)42/h1-31H. The quantitative estimate of drug-likeness (QED) is 0.172. The number of rotatable bonds is 6. The summed E-state index contributed by atoms with van der Waals surface area (Å²) in [6.07, 6.45) is 5.42. The Kier molecular flexibility index (Phi) is 7.10. The highest BCUT2D eigenvalue weighted by Crippen LogP contribution is 2.44. The molecule has 0 atom stereocenters. The van der Waals surface area contributed by atoms with Gasteiger partial charge in [-0.05, 0) is 82.2 Å². The van der Waals surface area contributed by atoms with Crippen LogP contribution in [0.15, 0.2) is 197 Å². The summed E-state index contributed by atoms with van der Waals surface area (Å²) in [6.45, 7) is 0. The maximum absolute atomic E-state index is 6.39. The Hall–Kier alpha value is -7.50. The molecule has 0 aliphatic rings. The SMILES string of the molecule is c1ccc(-c2cc(N(c3ccc(-c4cccc5c4oc4ccncc45)cc3)c3ccc(-c4cccc5c4oc4ncccc45)cc3)c3ccccc3c2)cc1. The van der Waals surface area contributed by atoms with Crippen LogP contribution >= 0.6 is 0 Å². The van der Waals surface area contributed by atoms with E-state index in [0.717, 1.165) is 88.6 Å². The molecule has 7 aromatic carbocycles. The van der Waals surface area contributed by atoms with Crippen LogP contribution in [0.5, 0.6) is 0 Å². The van der Waals surface area contributed by atoms with E-state index in [2.05, 4.69) is 173 Å². The molecule has 0 aliphatic carbocycles. The van der Waals surface area contributed by atoms with Crippen LogP contribution in [0.4, 0.5) is 17.1 Å². The Labute approximate surface area is 316 Å². The first-order chi connectivity index (χ1) is 27.3. The fourth-order valence-corrected chi connectivity index (χ4v) is 8.01. The summed E-state index contributed by atoms with van der Waals surface area (Å²) in [7, 11) is 0. The smallest absolute Gasteiger partial charge is 0.227 e. The summed E-state index contributed by atoms with van der Waals surface area (Å²) in [5.74, 6) is 0. The number of furan rings is 2. The van der Waals surface area contributed by atoms with Crippen molar-refractivity contribution in [3.05, 3.63) is 188 Å². The third kappa shape index (κ3) is 5.17. The Morgan fingerprint density at radius 2 is 1.05 bits per heavy atom. The van der Waals surface area contributed by atoms with Crippen molar-refractivity contribution >= 4 is 71.8 Å². The first-order valence-electron chi connectivity index (χ1n) is 18.4. The van der Waals surface area contributed by atoms with Crippen LogP contribution in [-0.2, 0) is 0 Å². The third-order valence-corrected chi connectivity index (χ3v) is 10.6. The molecule has 0 saturated carbocycles. The molecule has 55 heavy (non-hydrogen) atoms. The lowest BCUT2D eigenvalue weighted by molar-refractivity contribution is 0.655. The lowest BCUT2D eigenvalue weighted by Crippen LogP contribution is -2.10. The summed E-state index contributed by atoms with van der Waals surface area (Å²) >= 11 is 0. The van der Waals surface area contributed by atoms with Crippen molar-refractivity contribution < 1.29 is 8.83 Å². The van der Waals surface area contributed by atoms with E-state index in [4.69, 9.17) is 8.83 Å². The Morgan fingerprint density at radius 3 is 1.80 bits per heavy atom. The van der Waals surface area contributed by atoms with E-state index in [-0.39, 0.29) is 0 Å². The normalized spacial score (nSPS) is 11.6. The number of anilines is 3. The van der Waals surface area contributed by atoms with Crippen molar-refractivity contribution in [1.82, 2.24) is 9.97 Å². The molecular formula is C50H31N3O2. The zero-order valence-corrected chi connectivity index (χ0v) is 29.6. The Morgan fingerprint density at radius 1 is 0.418 bits per heavy atom. The van der Waals surface area contributed by atoms with Crippen molar-refractivity contribution in [2.75, 3.05) is 4.90 Å². The van der Waals surface area contributed by atoms with Crippen molar-refractivity contribution in [2.45, 2.75) is 0 Å². The van der Waals surface area contributed by atoms with Gasteiger partial charge in [0, 0.05) is 68.0 Å². The Balaban J connectivity index is 1.07. The topological polar surface area (TPSA) is 55.3 Å². The zero-order valence-electron chi connectivity index (χ0n) is 29.6. The molecule has 0 aliphatic heterocycles. The molecule has 0 spiro atoms. The minimum Gasteiger partial charge on any atom is -0.455 e. The lowest BCUT2D eigenvalue weighted by atomic mass is 9.97. The van der Waals surface area contributed by atoms with E-state index in [0.29, 0.717) is 5.71 Å². The molecule has 11 rings (SSSR count). The number of pyridine rings is 2. The molecule has 0 amide bonds. The van der Waals surface area contributed by atoms with Crippen LogP contribution in [0.1, 0.15) is 0 Å². The third-order valence-electron chi connectivity index (χ3n) is 10.6. The summed E-state index contributed by atoms with van der Waals surface area (Å²) in [4.78, 5) is 11.2. The highest BCUT2D eigenvalue weighted by atomic mass is 16.3. The van der Waals surface area contributed by atoms with Gasteiger partial charge in [-0.2, -0.15) is 0 Å². The van der Waals surface area contributed by atoms with Gasteiger partial charge in [-0.15, -0.1) is 0 Å². The molecule has 11 aromatic rings. The maximum Gasteiger partial charge on any atom is 0.227 e. The lowest BCUT2D eigenvalue weighted by Gasteiger charge is -2.28. The van der Waals surface area contributed by atoms with Crippen LogP contribution in [0.3, 0.4) is 0 Å². The first kappa shape index (κ1) is 31.1. The van der Waals surface area contributed by atoms with E-state index in [9.17, 15) is 0 Å². The summed E-state index contributed by atoms with van der Waals surface area (Å²) in [5, 5.41) is 6.49. The highest BCUT2D eigenvalue weighted by molar-refractivity contribution is 6.10. The van der Waals surface area contributed by atoms with Gasteiger partial charge in [-0.3, -0.25) is 4.98 Å². The van der Waals surface area contributed by atoms with Gasteiger partial charge >= 0.3 is 0 Å². The summed E-state index contributed by atoms with van der Waals surface area (Å²) < 4.78 is 12.7. The number of benzene rings is 7. The number of hydrogen-bond donors (Lipinski definition) is 0. The summed E-state index contributed by atoms with van der Waals surface area (Å²) in [6, 6.07) is 60.0. The van der Waals surface area contributed by atoms with Crippen LogP contribution in [0.2, 0.25) is 0 Å². The van der Waals surface area contributed by atoms with Gasteiger partial charge in [0.25, 0.3) is 0 Å². The number of para-hydroxylation sites is 2. The molecule has 0 radical (unpaired) electrons. The molecule has 4 aromatic heterocycles. The highest BCUT2D eigenvalue weighted by Gasteiger charge is 2.20. The zero-order chi connectivity index (χ0) is 36.3. The minimum absolute atomic E-state index is 0.648. The van der Waals surface area contributed by atoms with Crippen molar-refractivity contribution in [1.29, 1.82) is 0 Å². The van der Waals surface area contributed by atoms with Crippen LogP contribution < -0.4 is 4.90 Å². The van der Waals surface area contributed by atoms with E-state index in [1.165, 1.54) is 10.9 Å². The average Bonchev–Trinajstić information content (AvgIpc) is 3.83. The number of nitrogens with zero attached hydrogens (tertiary/aromatic N) is 3. The van der Waals surface area contributed by atoms with Crippen molar-refractivity contribution in [3.8, 4) is 33.4 Å². The average molecular weight is 706 g/mol. The largest absolute Gasteiger partial charge is 0.455 e. The molecule has 0 fully saturated rings. The van der Waals surface area contributed by atoms with Crippen molar-refractivity contribution in [3.63, 3.8) is 0 Å². The van der Waals surface area contributed by atoms with E-state index >= 15 is 0 Å². The van der Waals surface area contributed by atoms with Crippen LogP contribution in [0, 0.1) is 0 Å². The Bertz CT molecular complexity index is 3040. The molecule has 0 saturated heterocycles. The summed E-state index contributed by atoms with van der Waals surface area (Å²) in [5.41, 5.74) is 12.9. The maximum atomic E-state index is 6.39.